The van der Waals surface area contributed by atoms with Crippen LogP contribution in [0, 0.1) is 0 Å². The molecule has 0 aromatic carbocycles. The van der Waals surface area contributed by atoms with Crippen molar-refractivity contribution in [2.45, 2.75) is 68.5 Å². The molecule has 0 bridgehead atoms. The highest BCUT2D eigenvalue weighted by molar-refractivity contribution is 9.10. The van der Waals surface area contributed by atoms with Gasteiger partial charge in [0, 0.05) is 15.5 Å². The molecule has 0 aliphatic rings. The molecule has 92 valence electrons. The van der Waals surface area contributed by atoms with Crippen molar-refractivity contribution in [2.24, 2.45) is 0 Å². The highest BCUT2D eigenvalue weighted by Gasteiger charge is 2.10. The molecular weight excluding hydrogens is 339 g/mol. The fourth-order valence-corrected chi connectivity index (χ4v) is 4.03. The van der Waals surface area contributed by atoms with E-state index < -0.39 is 0 Å². The van der Waals surface area contributed by atoms with Crippen LogP contribution in [0.15, 0.2) is 0 Å². The van der Waals surface area contributed by atoms with Crippen molar-refractivity contribution in [1.82, 2.24) is 0 Å². The topological polar surface area (TPSA) is 0 Å². The molecule has 3 heteroatoms. The summed E-state index contributed by atoms with van der Waals surface area (Å²) in [6.07, 6.45) is 10.1. The van der Waals surface area contributed by atoms with Gasteiger partial charge in [0.1, 0.15) is 0 Å². The van der Waals surface area contributed by atoms with Gasteiger partial charge >= 0.3 is 0 Å². The Kier molecular flexibility index (Phi) is 12.7. The Hall–Kier alpha value is 1.25. The van der Waals surface area contributed by atoms with Crippen molar-refractivity contribution < 1.29 is 0 Å². The van der Waals surface area contributed by atoms with E-state index >= 15 is 0 Å². The lowest BCUT2D eigenvalue weighted by Crippen LogP contribution is -2.08. The maximum absolute atomic E-state index is 6.28. The summed E-state index contributed by atoms with van der Waals surface area (Å²) in [5, 5.41) is 1.42. The predicted octanol–water partition coefficient (Wildman–Crippen LogP) is 5.89. The van der Waals surface area contributed by atoms with Crippen LogP contribution in [0.5, 0.6) is 0 Å². The van der Waals surface area contributed by atoms with Gasteiger partial charge in [-0.05, 0) is 19.3 Å². The third kappa shape index (κ3) is 11.5. The molecule has 0 saturated carbocycles. The Morgan fingerprint density at radius 2 is 1.73 bits per heavy atom. The highest BCUT2D eigenvalue weighted by atomic mass is 79.9. The Bertz CT molecular complexity index is 131. The highest BCUT2D eigenvalue weighted by Crippen LogP contribution is 2.21. The normalized spacial score (nSPS) is 15.2. The van der Waals surface area contributed by atoms with Gasteiger partial charge in [-0.25, -0.2) is 0 Å². The largest absolute Gasteiger partial charge is 0.123 e. The average Bonchev–Trinajstić information content (AvgIpc) is 2.17. The molecular formula is C12H23Br2Cl. The summed E-state index contributed by atoms with van der Waals surface area (Å²) >= 11 is 13.4. The predicted molar refractivity (Wildman–Crippen MR) is 78.8 cm³/mol. The summed E-state index contributed by atoms with van der Waals surface area (Å²) in [7, 11) is 0. The minimum atomic E-state index is 0.357. The number of hydrogen-bond acceptors (Lipinski definition) is 0. The lowest BCUT2D eigenvalue weighted by molar-refractivity contribution is 0.574. The number of unbranched alkanes of at least 4 members (excludes halogenated alkanes) is 4. The summed E-state index contributed by atoms with van der Waals surface area (Å²) in [5.41, 5.74) is 0. The van der Waals surface area contributed by atoms with Gasteiger partial charge in [0.2, 0.25) is 0 Å². The molecule has 0 aromatic heterocycles. The van der Waals surface area contributed by atoms with Crippen molar-refractivity contribution in [1.29, 1.82) is 0 Å². The van der Waals surface area contributed by atoms with E-state index in [9.17, 15) is 0 Å². The maximum Gasteiger partial charge on any atom is 0.0346 e. The van der Waals surface area contributed by atoms with Crippen LogP contribution < -0.4 is 0 Å². The summed E-state index contributed by atoms with van der Waals surface area (Å²) in [5.74, 6) is 0. The lowest BCUT2D eigenvalue weighted by atomic mass is 10.1. The van der Waals surface area contributed by atoms with Crippen LogP contribution in [0.25, 0.3) is 0 Å². The molecule has 0 aromatic rings. The van der Waals surface area contributed by atoms with E-state index in [1.165, 1.54) is 44.9 Å². The Balaban J connectivity index is 3.28. The van der Waals surface area contributed by atoms with Crippen LogP contribution in [0.3, 0.4) is 0 Å². The molecule has 0 nitrogen and oxygen atoms in total. The number of alkyl halides is 3. The SMILES string of the molecule is CCCCCCCC(Cl)CC(Br)CCBr. The second-order valence-corrected chi connectivity index (χ2v) is 6.82. The van der Waals surface area contributed by atoms with E-state index in [-0.39, 0.29) is 0 Å². The first-order valence-electron chi connectivity index (χ1n) is 6.04. The first-order valence-corrected chi connectivity index (χ1v) is 8.52. The molecule has 0 N–H and O–H groups in total. The van der Waals surface area contributed by atoms with Crippen LogP contribution in [-0.2, 0) is 0 Å². The molecule has 0 rings (SSSR count). The third-order valence-corrected chi connectivity index (χ3v) is 4.24. The molecule has 0 heterocycles. The summed E-state index contributed by atoms with van der Waals surface area (Å²) in [4.78, 5) is 0.579. The fourth-order valence-electron chi connectivity index (χ4n) is 1.60. The minimum Gasteiger partial charge on any atom is -0.123 e. The third-order valence-electron chi connectivity index (χ3n) is 2.55. The molecule has 2 atom stereocenters. The Morgan fingerprint density at radius 1 is 1.07 bits per heavy atom. The summed E-state index contributed by atoms with van der Waals surface area (Å²) in [6.45, 7) is 2.25. The van der Waals surface area contributed by atoms with E-state index in [1.807, 2.05) is 0 Å². The van der Waals surface area contributed by atoms with E-state index in [0.29, 0.717) is 10.2 Å². The zero-order valence-electron chi connectivity index (χ0n) is 9.65. The molecule has 0 aliphatic heterocycles. The average molecular weight is 363 g/mol. The van der Waals surface area contributed by atoms with Crippen molar-refractivity contribution in [3.8, 4) is 0 Å². The number of rotatable bonds is 10. The molecule has 0 amide bonds. The first-order chi connectivity index (χ1) is 7.20. The minimum absolute atomic E-state index is 0.357. The van der Waals surface area contributed by atoms with Gasteiger partial charge in [0.15, 0.2) is 0 Å². The molecule has 0 radical (unpaired) electrons. The van der Waals surface area contributed by atoms with Gasteiger partial charge in [-0.2, -0.15) is 0 Å². The second-order valence-electron chi connectivity index (χ2n) is 4.11. The van der Waals surface area contributed by atoms with Crippen LogP contribution in [0.1, 0.15) is 58.3 Å². The van der Waals surface area contributed by atoms with Crippen LogP contribution in [0.2, 0.25) is 0 Å². The van der Waals surface area contributed by atoms with Gasteiger partial charge in [-0.3, -0.25) is 0 Å². The molecule has 15 heavy (non-hydrogen) atoms. The van der Waals surface area contributed by atoms with E-state index in [4.69, 9.17) is 11.6 Å². The molecule has 2 unspecified atom stereocenters. The van der Waals surface area contributed by atoms with Gasteiger partial charge in [0.05, 0.1) is 0 Å². The van der Waals surface area contributed by atoms with E-state index in [1.54, 1.807) is 0 Å². The molecule has 0 spiro atoms. The van der Waals surface area contributed by atoms with Gasteiger partial charge in [0.25, 0.3) is 0 Å². The van der Waals surface area contributed by atoms with E-state index in [2.05, 4.69) is 38.8 Å². The Morgan fingerprint density at radius 3 is 2.33 bits per heavy atom. The molecule has 0 saturated heterocycles. The fraction of sp³-hybridized carbons (Fsp3) is 1.00. The van der Waals surface area contributed by atoms with Crippen molar-refractivity contribution in [3.05, 3.63) is 0 Å². The van der Waals surface area contributed by atoms with Gasteiger partial charge in [-0.1, -0.05) is 70.9 Å². The molecule has 0 fully saturated rings. The van der Waals surface area contributed by atoms with Gasteiger partial charge < -0.3 is 0 Å². The second kappa shape index (κ2) is 11.7. The van der Waals surface area contributed by atoms with Gasteiger partial charge in [-0.15, -0.1) is 11.6 Å². The summed E-state index contributed by atoms with van der Waals surface area (Å²) in [6, 6.07) is 0. The smallest absolute Gasteiger partial charge is 0.0346 e. The zero-order chi connectivity index (χ0) is 11.5. The standard InChI is InChI=1S/C12H23Br2Cl/c1-2-3-4-5-6-7-12(15)10-11(14)8-9-13/h11-12H,2-10H2,1H3. The quantitative estimate of drug-likeness (QED) is 0.336. The van der Waals surface area contributed by atoms with E-state index in [0.717, 1.165) is 11.8 Å². The Labute approximate surface area is 117 Å². The van der Waals surface area contributed by atoms with Crippen LogP contribution in [0.4, 0.5) is 0 Å². The lowest BCUT2D eigenvalue weighted by Gasteiger charge is -2.13. The zero-order valence-corrected chi connectivity index (χ0v) is 13.6. The van der Waals surface area contributed by atoms with Crippen LogP contribution in [-0.4, -0.2) is 15.5 Å². The maximum atomic E-state index is 6.28. The van der Waals surface area contributed by atoms with Crippen molar-refractivity contribution >= 4 is 43.5 Å². The molecule has 0 aliphatic carbocycles. The van der Waals surface area contributed by atoms with Crippen LogP contribution >= 0.6 is 43.5 Å². The van der Waals surface area contributed by atoms with Crippen molar-refractivity contribution in [2.75, 3.05) is 5.33 Å². The number of hydrogen-bond donors (Lipinski definition) is 0. The first kappa shape index (κ1) is 16.2. The monoisotopic (exact) mass is 360 g/mol. The summed E-state index contributed by atoms with van der Waals surface area (Å²) < 4.78 is 0. The van der Waals surface area contributed by atoms with Crippen molar-refractivity contribution in [3.63, 3.8) is 0 Å². The number of halogens is 3.